The van der Waals surface area contributed by atoms with Gasteiger partial charge in [0.1, 0.15) is 5.54 Å². The first-order chi connectivity index (χ1) is 7.60. The number of carbonyl (C=O) groups excluding carboxylic acids is 1. The molecule has 0 amide bonds. The van der Waals surface area contributed by atoms with Crippen molar-refractivity contribution in [2.24, 2.45) is 0 Å². The molecule has 0 fully saturated rings. The lowest BCUT2D eigenvalue weighted by molar-refractivity contribution is -0.148. The Hall–Kier alpha value is -0.830. The van der Waals surface area contributed by atoms with Crippen LogP contribution in [-0.4, -0.2) is 25.2 Å². The van der Waals surface area contributed by atoms with E-state index in [4.69, 9.17) is 4.74 Å². The highest BCUT2D eigenvalue weighted by atomic mass is 16.5. The normalized spacial score (nSPS) is 14.2. The minimum absolute atomic E-state index is 0.189. The minimum atomic E-state index is -0.573. The Morgan fingerprint density at radius 1 is 1.44 bits per heavy atom. The van der Waals surface area contributed by atoms with Crippen LogP contribution in [0.15, 0.2) is 12.7 Å². The predicted molar refractivity (Wildman–Crippen MR) is 67.4 cm³/mol. The van der Waals surface area contributed by atoms with Gasteiger partial charge in [-0.2, -0.15) is 0 Å². The predicted octanol–water partition coefficient (Wildman–Crippen LogP) is 2.66. The summed E-state index contributed by atoms with van der Waals surface area (Å²) in [5.41, 5.74) is -0.573. The van der Waals surface area contributed by atoms with Crippen LogP contribution in [0, 0.1) is 0 Å². The van der Waals surface area contributed by atoms with E-state index in [9.17, 15) is 4.79 Å². The fourth-order valence-corrected chi connectivity index (χ4v) is 1.69. The average molecular weight is 227 g/mol. The number of nitrogens with one attached hydrogen (secondary N) is 1. The van der Waals surface area contributed by atoms with Gasteiger partial charge in [-0.15, -0.1) is 6.58 Å². The van der Waals surface area contributed by atoms with Crippen molar-refractivity contribution in [1.82, 2.24) is 5.32 Å². The van der Waals surface area contributed by atoms with E-state index in [1.807, 2.05) is 6.92 Å². The molecule has 0 saturated carbocycles. The Balaban J connectivity index is 4.18. The molecule has 1 unspecified atom stereocenters. The van der Waals surface area contributed by atoms with E-state index in [0.29, 0.717) is 6.54 Å². The molecule has 0 aliphatic rings. The van der Waals surface area contributed by atoms with Crippen molar-refractivity contribution in [2.75, 3.05) is 13.7 Å². The van der Waals surface area contributed by atoms with Crippen molar-refractivity contribution < 1.29 is 9.53 Å². The summed E-state index contributed by atoms with van der Waals surface area (Å²) in [5.74, 6) is -0.189. The van der Waals surface area contributed by atoms with E-state index in [0.717, 1.165) is 12.8 Å². The van der Waals surface area contributed by atoms with Gasteiger partial charge < -0.3 is 4.74 Å². The van der Waals surface area contributed by atoms with Crippen LogP contribution in [-0.2, 0) is 9.53 Å². The summed E-state index contributed by atoms with van der Waals surface area (Å²) in [6.07, 6.45) is 7.21. The van der Waals surface area contributed by atoms with Crippen LogP contribution in [0.2, 0.25) is 0 Å². The fraction of sp³-hybridized carbons (Fsp3) is 0.769. The zero-order valence-corrected chi connectivity index (χ0v) is 10.8. The number of hydrogen-bond donors (Lipinski definition) is 1. The molecule has 16 heavy (non-hydrogen) atoms. The molecule has 3 heteroatoms. The number of ether oxygens (including phenoxy) is 1. The van der Waals surface area contributed by atoms with Crippen LogP contribution < -0.4 is 5.32 Å². The highest BCUT2D eigenvalue weighted by molar-refractivity contribution is 5.80. The van der Waals surface area contributed by atoms with E-state index in [-0.39, 0.29) is 5.97 Å². The number of methoxy groups -OCH3 is 1. The van der Waals surface area contributed by atoms with Gasteiger partial charge >= 0.3 is 5.97 Å². The van der Waals surface area contributed by atoms with Gasteiger partial charge in [-0.05, 0) is 13.3 Å². The van der Waals surface area contributed by atoms with E-state index in [1.165, 1.54) is 26.4 Å². The molecule has 1 N–H and O–H groups in total. The van der Waals surface area contributed by atoms with Crippen molar-refractivity contribution in [3.63, 3.8) is 0 Å². The lowest BCUT2D eigenvalue weighted by Gasteiger charge is -2.27. The van der Waals surface area contributed by atoms with Gasteiger partial charge in [-0.25, -0.2) is 0 Å². The highest BCUT2D eigenvalue weighted by Gasteiger charge is 2.32. The summed E-state index contributed by atoms with van der Waals surface area (Å²) in [6.45, 7) is 8.34. The SMILES string of the molecule is C=CCNC(C)(CCCCCC)C(=O)OC. The van der Waals surface area contributed by atoms with Crippen molar-refractivity contribution in [1.29, 1.82) is 0 Å². The Morgan fingerprint density at radius 3 is 2.62 bits per heavy atom. The van der Waals surface area contributed by atoms with Crippen LogP contribution in [0.3, 0.4) is 0 Å². The van der Waals surface area contributed by atoms with E-state index in [2.05, 4.69) is 18.8 Å². The fourth-order valence-electron chi connectivity index (χ4n) is 1.69. The molecule has 0 saturated heterocycles. The Labute approximate surface area is 99.3 Å². The monoisotopic (exact) mass is 227 g/mol. The summed E-state index contributed by atoms with van der Waals surface area (Å²) >= 11 is 0. The zero-order chi connectivity index (χ0) is 12.4. The molecule has 0 heterocycles. The van der Waals surface area contributed by atoms with Crippen LogP contribution >= 0.6 is 0 Å². The second kappa shape index (κ2) is 8.34. The lowest BCUT2D eigenvalue weighted by atomic mass is 9.94. The van der Waals surface area contributed by atoms with Crippen molar-refractivity contribution in [3.8, 4) is 0 Å². The number of hydrogen-bond acceptors (Lipinski definition) is 3. The number of unbranched alkanes of at least 4 members (excludes halogenated alkanes) is 3. The van der Waals surface area contributed by atoms with Crippen LogP contribution in [0.25, 0.3) is 0 Å². The van der Waals surface area contributed by atoms with Gasteiger partial charge in [-0.1, -0.05) is 38.7 Å². The second-order valence-electron chi connectivity index (χ2n) is 4.30. The molecule has 0 radical (unpaired) electrons. The van der Waals surface area contributed by atoms with E-state index < -0.39 is 5.54 Å². The topological polar surface area (TPSA) is 38.3 Å². The molecule has 0 rings (SSSR count). The van der Waals surface area contributed by atoms with Gasteiger partial charge in [-0.3, -0.25) is 10.1 Å². The van der Waals surface area contributed by atoms with E-state index >= 15 is 0 Å². The zero-order valence-electron chi connectivity index (χ0n) is 10.8. The number of rotatable bonds is 9. The molecule has 0 aromatic rings. The molecule has 0 aliphatic heterocycles. The molecule has 94 valence electrons. The molecule has 0 bridgehead atoms. The summed E-state index contributed by atoms with van der Waals surface area (Å²) < 4.78 is 4.83. The first kappa shape index (κ1) is 15.2. The second-order valence-corrected chi connectivity index (χ2v) is 4.30. The third kappa shape index (κ3) is 5.31. The molecular formula is C13H25NO2. The molecule has 3 nitrogen and oxygen atoms in total. The minimum Gasteiger partial charge on any atom is -0.468 e. The van der Waals surface area contributed by atoms with Crippen LogP contribution in [0.4, 0.5) is 0 Å². The quantitative estimate of drug-likeness (QED) is 0.374. The van der Waals surface area contributed by atoms with Crippen LogP contribution in [0.1, 0.15) is 46.0 Å². The molecule has 1 atom stereocenters. The molecule has 0 aliphatic carbocycles. The largest absolute Gasteiger partial charge is 0.468 e. The molecular weight excluding hydrogens is 202 g/mol. The van der Waals surface area contributed by atoms with Gasteiger partial charge in [0, 0.05) is 6.54 Å². The Kier molecular flexibility index (Phi) is 7.90. The molecule has 0 spiro atoms. The number of esters is 1. The van der Waals surface area contributed by atoms with Gasteiger partial charge in [0.25, 0.3) is 0 Å². The van der Waals surface area contributed by atoms with Crippen molar-refractivity contribution >= 4 is 5.97 Å². The molecule has 0 aromatic carbocycles. The third-order valence-corrected chi connectivity index (χ3v) is 2.80. The maximum atomic E-state index is 11.7. The average Bonchev–Trinajstić information content (AvgIpc) is 2.31. The van der Waals surface area contributed by atoms with E-state index in [1.54, 1.807) is 6.08 Å². The van der Waals surface area contributed by atoms with Gasteiger partial charge in [0.05, 0.1) is 7.11 Å². The maximum Gasteiger partial charge on any atom is 0.325 e. The first-order valence-electron chi connectivity index (χ1n) is 6.05. The third-order valence-electron chi connectivity index (χ3n) is 2.80. The summed E-state index contributed by atoms with van der Waals surface area (Å²) in [5, 5.41) is 3.18. The van der Waals surface area contributed by atoms with Crippen LogP contribution in [0.5, 0.6) is 0 Å². The smallest absolute Gasteiger partial charge is 0.325 e. The standard InChI is InChI=1S/C13H25NO2/c1-5-7-8-9-10-13(3,12(15)16-4)14-11-6-2/h6,14H,2,5,7-11H2,1,3-4H3. The maximum absolute atomic E-state index is 11.7. The summed E-state index contributed by atoms with van der Waals surface area (Å²) in [4.78, 5) is 11.7. The van der Waals surface area contributed by atoms with Gasteiger partial charge in [0.15, 0.2) is 0 Å². The lowest BCUT2D eigenvalue weighted by Crippen LogP contribution is -2.50. The summed E-state index contributed by atoms with van der Waals surface area (Å²) in [6, 6.07) is 0. The Bertz CT molecular complexity index is 216. The summed E-state index contributed by atoms with van der Waals surface area (Å²) in [7, 11) is 1.43. The first-order valence-corrected chi connectivity index (χ1v) is 6.05. The van der Waals surface area contributed by atoms with Gasteiger partial charge in [0.2, 0.25) is 0 Å². The Morgan fingerprint density at radius 2 is 2.12 bits per heavy atom. The highest BCUT2D eigenvalue weighted by Crippen LogP contribution is 2.17. The number of carbonyl (C=O) groups is 1. The van der Waals surface area contributed by atoms with Crippen molar-refractivity contribution in [3.05, 3.63) is 12.7 Å². The van der Waals surface area contributed by atoms with Crippen molar-refractivity contribution in [2.45, 2.75) is 51.5 Å². The molecule has 0 aromatic heterocycles.